The average Bonchev–Trinajstić information content (AvgIpc) is 3.06. The molecule has 0 aliphatic carbocycles. The van der Waals surface area contributed by atoms with Crippen LogP contribution in [0.4, 0.5) is 4.39 Å². The zero-order chi connectivity index (χ0) is 22.6. The monoisotopic (exact) mass is 444 g/mol. The fourth-order valence-corrected chi connectivity index (χ4v) is 4.48. The maximum absolute atomic E-state index is 14.2. The van der Waals surface area contributed by atoms with Crippen LogP contribution < -0.4 is 0 Å². The smallest absolute Gasteiger partial charge is 0.242 e. The van der Waals surface area contributed by atoms with E-state index >= 15 is 0 Å². The molecule has 3 rings (SSSR count). The molecule has 1 aromatic heterocycles. The third-order valence-corrected chi connectivity index (χ3v) is 6.94. The summed E-state index contributed by atoms with van der Waals surface area (Å²) in [7, 11) is -0.522. The summed E-state index contributed by atoms with van der Waals surface area (Å²) in [5.74, 6) is 0.576. The van der Waals surface area contributed by atoms with E-state index in [1.54, 1.807) is 30.3 Å². The Bertz CT molecular complexity index is 1170. The first-order chi connectivity index (χ1) is 14.8. The molecule has 0 amide bonds. The van der Waals surface area contributed by atoms with Crippen LogP contribution in [0.25, 0.3) is 11.0 Å². The van der Waals surface area contributed by atoms with Crippen molar-refractivity contribution in [1.29, 1.82) is 0 Å². The molecule has 0 spiro atoms. The van der Waals surface area contributed by atoms with E-state index in [9.17, 15) is 12.8 Å². The van der Waals surface area contributed by atoms with E-state index in [4.69, 9.17) is 4.98 Å². The SMILES string of the molecule is C=CCN(Cc1ccccc1F)Cc1nc2cc(S(=O)(=O)N(C)C)ccc2n1CCC. The highest BCUT2D eigenvalue weighted by Crippen LogP contribution is 2.24. The first kappa shape index (κ1) is 23.1. The number of sulfonamides is 1. The van der Waals surface area contributed by atoms with E-state index in [1.807, 2.05) is 12.1 Å². The fourth-order valence-electron chi connectivity index (χ4n) is 3.56. The maximum Gasteiger partial charge on any atom is 0.242 e. The molecule has 2 aromatic carbocycles. The van der Waals surface area contributed by atoms with Gasteiger partial charge in [0, 0.05) is 39.3 Å². The Kier molecular flexibility index (Phi) is 7.25. The number of benzene rings is 2. The highest BCUT2D eigenvalue weighted by Gasteiger charge is 2.20. The van der Waals surface area contributed by atoms with E-state index in [-0.39, 0.29) is 10.7 Å². The van der Waals surface area contributed by atoms with Gasteiger partial charge in [0.2, 0.25) is 10.0 Å². The van der Waals surface area contributed by atoms with Gasteiger partial charge >= 0.3 is 0 Å². The van der Waals surface area contributed by atoms with Crippen molar-refractivity contribution in [2.75, 3.05) is 20.6 Å². The Hall–Kier alpha value is -2.55. The minimum Gasteiger partial charge on any atom is -0.327 e. The Balaban J connectivity index is 1.99. The van der Waals surface area contributed by atoms with Crippen LogP contribution in [0, 0.1) is 5.82 Å². The zero-order valence-corrected chi connectivity index (χ0v) is 19.1. The first-order valence-corrected chi connectivity index (χ1v) is 11.7. The average molecular weight is 445 g/mol. The lowest BCUT2D eigenvalue weighted by Gasteiger charge is -2.21. The summed E-state index contributed by atoms with van der Waals surface area (Å²) < 4.78 is 42.5. The molecule has 0 saturated heterocycles. The molecule has 0 aliphatic heterocycles. The van der Waals surface area contributed by atoms with Gasteiger partial charge in [-0.15, -0.1) is 6.58 Å². The quantitative estimate of drug-likeness (QED) is 0.443. The van der Waals surface area contributed by atoms with Crippen LogP contribution >= 0.6 is 0 Å². The van der Waals surface area contributed by atoms with Crippen LogP contribution in [0.2, 0.25) is 0 Å². The number of fused-ring (bicyclic) bond motifs is 1. The molecule has 0 N–H and O–H groups in total. The number of rotatable bonds is 10. The Morgan fingerprint density at radius 2 is 1.90 bits per heavy atom. The van der Waals surface area contributed by atoms with Crippen molar-refractivity contribution in [3.05, 3.63) is 72.3 Å². The molecule has 0 bridgehead atoms. The summed E-state index contributed by atoms with van der Waals surface area (Å²) in [4.78, 5) is 7.04. The Morgan fingerprint density at radius 1 is 1.16 bits per heavy atom. The van der Waals surface area contributed by atoms with E-state index < -0.39 is 10.0 Å². The Morgan fingerprint density at radius 3 is 2.55 bits per heavy atom. The molecule has 8 heteroatoms. The lowest BCUT2D eigenvalue weighted by Crippen LogP contribution is -2.25. The van der Waals surface area contributed by atoms with Crippen molar-refractivity contribution in [2.24, 2.45) is 0 Å². The number of aryl methyl sites for hydroxylation is 1. The van der Waals surface area contributed by atoms with Crippen LogP contribution in [0.5, 0.6) is 0 Å². The molecule has 6 nitrogen and oxygen atoms in total. The number of imidazole rings is 1. The summed E-state index contributed by atoms with van der Waals surface area (Å²) in [6, 6.07) is 11.8. The standard InChI is InChI=1S/C23H29FN4O2S/c1-5-13-27(16-18-9-7-8-10-20(18)24)17-23-25-21-15-19(31(29,30)26(3)4)11-12-22(21)28(23)14-6-2/h5,7-12,15H,1,6,13-14,16-17H2,2-4H3. The molecule has 0 unspecified atom stereocenters. The van der Waals surface area contributed by atoms with Gasteiger partial charge in [0.1, 0.15) is 11.6 Å². The highest BCUT2D eigenvalue weighted by molar-refractivity contribution is 7.89. The number of hydrogen-bond acceptors (Lipinski definition) is 4. The molecule has 166 valence electrons. The third-order valence-electron chi connectivity index (χ3n) is 5.13. The van der Waals surface area contributed by atoms with Crippen molar-refractivity contribution >= 4 is 21.1 Å². The predicted octanol–water partition coefficient (Wildman–Crippen LogP) is 4.02. The molecule has 0 aliphatic rings. The second-order valence-electron chi connectivity index (χ2n) is 7.67. The van der Waals surface area contributed by atoms with Crippen molar-refractivity contribution in [3.8, 4) is 0 Å². The molecule has 3 aromatic rings. The molecule has 1 heterocycles. The normalized spacial score (nSPS) is 12.2. The van der Waals surface area contributed by atoms with E-state index in [2.05, 4.69) is 23.0 Å². The van der Waals surface area contributed by atoms with Crippen molar-refractivity contribution < 1.29 is 12.8 Å². The molecule has 0 atom stereocenters. The summed E-state index contributed by atoms with van der Waals surface area (Å²) >= 11 is 0. The van der Waals surface area contributed by atoms with Gasteiger partial charge in [-0.3, -0.25) is 4.90 Å². The molecular weight excluding hydrogens is 415 g/mol. The van der Waals surface area contributed by atoms with Gasteiger partial charge in [0.25, 0.3) is 0 Å². The third kappa shape index (κ3) is 5.03. The van der Waals surface area contributed by atoms with E-state index in [0.717, 1.165) is 24.3 Å². The predicted molar refractivity (Wildman–Crippen MR) is 122 cm³/mol. The lowest BCUT2D eigenvalue weighted by molar-refractivity contribution is 0.270. The van der Waals surface area contributed by atoms with Crippen LogP contribution in [-0.2, 0) is 29.7 Å². The zero-order valence-electron chi connectivity index (χ0n) is 18.3. The topological polar surface area (TPSA) is 58.4 Å². The van der Waals surface area contributed by atoms with Gasteiger partial charge in [0.15, 0.2) is 0 Å². The Labute approximate surface area is 183 Å². The van der Waals surface area contributed by atoms with Crippen molar-refractivity contribution in [3.63, 3.8) is 0 Å². The van der Waals surface area contributed by atoms with Gasteiger partial charge in [0.05, 0.1) is 22.5 Å². The molecule has 0 fully saturated rings. The van der Waals surface area contributed by atoms with E-state index in [1.165, 1.54) is 24.5 Å². The highest BCUT2D eigenvalue weighted by atomic mass is 32.2. The number of aromatic nitrogens is 2. The van der Waals surface area contributed by atoms with Crippen LogP contribution in [0.15, 0.2) is 60.0 Å². The summed E-state index contributed by atoms with van der Waals surface area (Å²) in [6.45, 7) is 8.16. The van der Waals surface area contributed by atoms with Gasteiger partial charge in [-0.2, -0.15) is 0 Å². The van der Waals surface area contributed by atoms with Gasteiger partial charge in [-0.05, 0) is 30.7 Å². The van der Waals surface area contributed by atoms with Gasteiger partial charge < -0.3 is 4.57 Å². The summed E-state index contributed by atoms with van der Waals surface area (Å²) in [5, 5.41) is 0. The number of halogens is 1. The first-order valence-electron chi connectivity index (χ1n) is 10.3. The number of hydrogen-bond donors (Lipinski definition) is 0. The molecular formula is C23H29FN4O2S. The van der Waals surface area contributed by atoms with Gasteiger partial charge in [-0.25, -0.2) is 22.1 Å². The minimum absolute atomic E-state index is 0.215. The molecule has 0 radical (unpaired) electrons. The van der Waals surface area contributed by atoms with Crippen LogP contribution in [0.3, 0.4) is 0 Å². The van der Waals surface area contributed by atoms with Crippen LogP contribution in [-0.4, -0.2) is 47.8 Å². The fraction of sp³-hybridized carbons (Fsp3) is 0.348. The molecule has 0 saturated carbocycles. The number of nitrogens with zero attached hydrogens (tertiary/aromatic N) is 4. The summed E-state index contributed by atoms with van der Waals surface area (Å²) in [6.07, 6.45) is 2.69. The van der Waals surface area contributed by atoms with Gasteiger partial charge in [-0.1, -0.05) is 31.2 Å². The van der Waals surface area contributed by atoms with E-state index in [0.29, 0.717) is 30.7 Å². The van der Waals surface area contributed by atoms with Crippen LogP contribution in [0.1, 0.15) is 24.7 Å². The maximum atomic E-state index is 14.2. The molecule has 31 heavy (non-hydrogen) atoms. The second kappa shape index (κ2) is 9.72. The largest absolute Gasteiger partial charge is 0.327 e. The summed E-state index contributed by atoms with van der Waals surface area (Å²) in [5.41, 5.74) is 2.14. The van der Waals surface area contributed by atoms with Crippen molar-refractivity contribution in [2.45, 2.75) is 37.9 Å². The van der Waals surface area contributed by atoms with Crippen molar-refractivity contribution in [1.82, 2.24) is 18.8 Å². The second-order valence-corrected chi connectivity index (χ2v) is 9.82. The lowest BCUT2D eigenvalue weighted by atomic mass is 10.2. The minimum atomic E-state index is -3.54.